The van der Waals surface area contributed by atoms with Crippen LogP contribution in [0.3, 0.4) is 0 Å². The molecule has 0 aromatic heterocycles. The second-order valence-electron chi connectivity index (χ2n) is 6.58. The van der Waals surface area contributed by atoms with Gasteiger partial charge in [-0.05, 0) is 57.5 Å². The van der Waals surface area contributed by atoms with E-state index in [1.807, 2.05) is 6.92 Å². The monoisotopic (exact) mass is 332 g/mol. The van der Waals surface area contributed by atoms with E-state index in [1.54, 1.807) is 32.9 Å². The summed E-state index contributed by atoms with van der Waals surface area (Å²) in [5.41, 5.74) is 1.18. The van der Waals surface area contributed by atoms with E-state index < -0.39 is 11.6 Å². The highest BCUT2D eigenvalue weighted by Gasteiger charge is 2.23. The van der Waals surface area contributed by atoms with Crippen LogP contribution in [-0.2, 0) is 14.3 Å². The van der Waals surface area contributed by atoms with Crippen LogP contribution in [0.1, 0.15) is 54.6 Å². The molecule has 2 N–H and O–H groups in total. The van der Waals surface area contributed by atoms with Crippen molar-refractivity contribution < 1.29 is 24.2 Å². The number of esters is 1. The van der Waals surface area contributed by atoms with Crippen molar-refractivity contribution in [3.05, 3.63) is 34.9 Å². The molecule has 1 aromatic carbocycles. The number of ether oxygens (including phenoxy) is 1. The maximum absolute atomic E-state index is 12.2. The summed E-state index contributed by atoms with van der Waals surface area (Å²) < 4.78 is 5.35. The fourth-order valence-corrected chi connectivity index (χ4v) is 2.35. The molecule has 0 bridgehead atoms. The lowest BCUT2D eigenvalue weighted by molar-refractivity contribution is -0.155. The molecule has 0 heterocycles. The van der Waals surface area contributed by atoms with Crippen LogP contribution in [0.15, 0.2) is 18.2 Å². The van der Waals surface area contributed by atoms with Crippen LogP contribution in [-0.4, -0.2) is 42.8 Å². The Kier molecular flexibility index (Phi) is 7.16. The molecule has 0 saturated carbocycles. The third-order valence-corrected chi connectivity index (χ3v) is 3.35. The zero-order valence-corrected chi connectivity index (χ0v) is 14.5. The molecule has 0 aliphatic carbocycles. The maximum atomic E-state index is 12.2. The van der Waals surface area contributed by atoms with Crippen molar-refractivity contribution in [1.29, 1.82) is 0 Å². The first-order valence-corrected chi connectivity index (χ1v) is 7.70. The molecule has 0 spiro atoms. The van der Waals surface area contributed by atoms with E-state index in [1.165, 1.54) is 13.5 Å². The van der Waals surface area contributed by atoms with E-state index in [0.29, 0.717) is 12.7 Å². The number of carbonyl (C=O) groups is 3. The Labute approximate surface area is 142 Å². The van der Waals surface area contributed by atoms with E-state index >= 15 is 0 Å². The zero-order chi connectivity index (χ0) is 18.3. The van der Waals surface area contributed by atoms with Gasteiger partial charge in [0.05, 0.1) is 18.2 Å². The summed E-state index contributed by atoms with van der Waals surface area (Å²) >= 11 is 0. The standard InChI is InChI=1S/C17H23BNO5/c1-11-5-6-12(16(22)23)7-14(11)13(9-19-18-10-20)8-15(21)24-17(2,3)4/h5-7,10,13,19H,8-9H2,1-4H3,(H,22,23). The van der Waals surface area contributed by atoms with Gasteiger partial charge < -0.3 is 19.9 Å². The normalized spacial score (nSPS) is 12.3. The van der Waals surface area contributed by atoms with Gasteiger partial charge in [-0.2, -0.15) is 0 Å². The van der Waals surface area contributed by atoms with Crippen molar-refractivity contribution in [2.45, 2.75) is 45.6 Å². The number of aryl methyl sites for hydroxylation is 1. The van der Waals surface area contributed by atoms with Crippen LogP contribution in [0, 0.1) is 6.92 Å². The SMILES string of the molecule is Cc1ccc(C(=O)O)cc1C(CN[B]C=O)CC(=O)OC(C)(C)C. The lowest BCUT2D eigenvalue weighted by atomic mass is 9.88. The van der Waals surface area contributed by atoms with Crippen molar-refractivity contribution in [1.82, 2.24) is 5.23 Å². The van der Waals surface area contributed by atoms with Gasteiger partial charge in [-0.1, -0.05) is 6.07 Å². The number of hydrogen-bond acceptors (Lipinski definition) is 5. The highest BCUT2D eigenvalue weighted by atomic mass is 16.6. The lowest BCUT2D eigenvalue weighted by Crippen LogP contribution is -2.30. The molecule has 0 aliphatic heterocycles. The van der Waals surface area contributed by atoms with Crippen molar-refractivity contribution in [3.8, 4) is 0 Å². The summed E-state index contributed by atoms with van der Waals surface area (Å²) in [5.74, 6) is -1.71. The van der Waals surface area contributed by atoms with Gasteiger partial charge in [0.2, 0.25) is 0 Å². The fourth-order valence-electron chi connectivity index (χ4n) is 2.35. The number of aromatic carboxylic acids is 1. The third kappa shape index (κ3) is 6.54. The predicted molar refractivity (Wildman–Crippen MR) is 91.8 cm³/mol. The van der Waals surface area contributed by atoms with Crippen LogP contribution in [0.2, 0.25) is 0 Å². The fraction of sp³-hybridized carbons (Fsp3) is 0.471. The van der Waals surface area contributed by atoms with Crippen molar-refractivity contribution in [2.24, 2.45) is 0 Å². The minimum Gasteiger partial charge on any atom is -0.478 e. The minimum atomic E-state index is -1.03. The molecule has 6 nitrogen and oxygen atoms in total. The Morgan fingerprint density at radius 1 is 1.38 bits per heavy atom. The predicted octanol–water partition coefficient (Wildman–Crippen LogP) is 1.91. The molecule has 1 atom stereocenters. The topological polar surface area (TPSA) is 92.7 Å². The first-order valence-electron chi connectivity index (χ1n) is 7.70. The Morgan fingerprint density at radius 2 is 2.04 bits per heavy atom. The van der Waals surface area contributed by atoms with Gasteiger partial charge in [0.15, 0.2) is 0 Å². The number of nitrogens with one attached hydrogen (secondary N) is 1. The number of carboxylic acids is 1. The van der Waals surface area contributed by atoms with E-state index in [0.717, 1.165) is 11.1 Å². The van der Waals surface area contributed by atoms with Gasteiger partial charge in [-0.15, -0.1) is 0 Å². The summed E-state index contributed by atoms with van der Waals surface area (Å²) in [6.45, 7) is 7.53. The summed E-state index contributed by atoms with van der Waals surface area (Å²) in [5, 5.41) is 12.0. The summed E-state index contributed by atoms with van der Waals surface area (Å²) in [4.78, 5) is 33.8. The quantitative estimate of drug-likeness (QED) is 0.327. The van der Waals surface area contributed by atoms with Gasteiger partial charge in [-0.25, -0.2) is 4.79 Å². The average molecular weight is 332 g/mol. The van der Waals surface area contributed by atoms with Gasteiger partial charge in [0.25, 0.3) is 7.41 Å². The molecule has 1 aromatic rings. The van der Waals surface area contributed by atoms with Gasteiger partial charge in [-0.3, -0.25) is 4.79 Å². The van der Waals surface area contributed by atoms with Gasteiger partial charge in [0.1, 0.15) is 5.60 Å². The second-order valence-corrected chi connectivity index (χ2v) is 6.58. The molecular formula is C17H23BNO5. The van der Waals surface area contributed by atoms with Gasteiger partial charge in [0, 0.05) is 5.92 Å². The molecule has 1 unspecified atom stereocenters. The van der Waals surface area contributed by atoms with Crippen LogP contribution < -0.4 is 5.23 Å². The Bertz CT molecular complexity index is 609. The van der Waals surface area contributed by atoms with E-state index in [4.69, 9.17) is 4.74 Å². The molecular weight excluding hydrogens is 309 g/mol. The Balaban J connectivity index is 3.04. The first-order chi connectivity index (χ1) is 11.1. The minimum absolute atomic E-state index is 0.0842. The van der Waals surface area contributed by atoms with Crippen LogP contribution in [0.5, 0.6) is 0 Å². The second kappa shape index (κ2) is 8.64. The molecule has 0 aliphatic rings. The van der Waals surface area contributed by atoms with Crippen molar-refractivity contribution >= 4 is 25.5 Å². The highest BCUT2D eigenvalue weighted by molar-refractivity contribution is 6.64. The molecule has 0 fully saturated rings. The first kappa shape index (κ1) is 19.9. The summed E-state index contributed by atoms with van der Waals surface area (Å²) in [6, 6.07) is 4.80. The molecule has 0 amide bonds. The number of carboxylic acid groups (broad SMARTS) is 1. The van der Waals surface area contributed by atoms with E-state index in [-0.39, 0.29) is 23.9 Å². The van der Waals surface area contributed by atoms with Crippen LogP contribution in [0.4, 0.5) is 0 Å². The molecule has 7 heteroatoms. The third-order valence-electron chi connectivity index (χ3n) is 3.35. The highest BCUT2D eigenvalue weighted by Crippen LogP contribution is 2.25. The van der Waals surface area contributed by atoms with Crippen LogP contribution >= 0.6 is 0 Å². The molecule has 129 valence electrons. The average Bonchev–Trinajstić information content (AvgIpc) is 2.44. The number of benzene rings is 1. The molecule has 24 heavy (non-hydrogen) atoms. The maximum Gasteiger partial charge on any atom is 0.335 e. The lowest BCUT2D eigenvalue weighted by Gasteiger charge is -2.23. The number of carbonyl (C=O) groups excluding carboxylic acids is 2. The van der Waals surface area contributed by atoms with E-state index in [2.05, 4.69) is 5.23 Å². The zero-order valence-electron chi connectivity index (χ0n) is 14.5. The summed E-state index contributed by atoms with van der Waals surface area (Å²) in [6.07, 6.45) is 0.700. The smallest absolute Gasteiger partial charge is 0.335 e. The largest absolute Gasteiger partial charge is 0.478 e. The van der Waals surface area contributed by atoms with E-state index in [9.17, 15) is 19.5 Å². The molecule has 1 rings (SSSR count). The van der Waals surface area contributed by atoms with Gasteiger partial charge >= 0.3 is 11.9 Å². The van der Waals surface area contributed by atoms with Crippen molar-refractivity contribution in [3.63, 3.8) is 0 Å². The van der Waals surface area contributed by atoms with Crippen molar-refractivity contribution in [2.75, 3.05) is 6.54 Å². The summed E-state index contributed by atoms with van der Waals surface area (Å²) in [7, 11) is 1.25. The number of rotatable bonds is 8. The molecule has 1 radical (unpaired) electrons. The number of hydrogen-bond donors (Lipinski definition) is 2. The molecule has 0 saturated heterocycles. The van der Waals surface area contributed by atoms with Crippen LogP contribution in [0.25, 0.3) is 0 Å². The Hall–Kier alpha value is -2.15. The Morgan fingerprint density at radius 3 is 2.58 bits per heavy atom.